The van der Waals surface area contributed by atoms with Gasteiger partial charge in [-0.15, -0.1) is 0 Å². The van der Waals surface area contributed by atoms with Crippen LogP contribution in [0, 0.1) is 13.8 Å². The van der Waals surface area contributed by atoms with E-state index < -0.39 is 24.1 Å². The molecular weight excluding hydrogens is 280 g/mol. The highest BCUT2D eigenvalue weighted by Gasteiger charge is 2.30. The molecular formula is C18H14O4. The molecule has 0 spiro atoms. The molecule has 0 N–H and O–H groups in total. The van der Waals surface area contributed by atoms with Crippen LogP contribution >= 0.6 is 0 Å². The third-order valence-electron chi connectivity index (χ3n) is 3.02. The molecule has 2 aromatic rings. The molecule has 2 atom stereocenters. The molecule has 0 bridgehead atoms. The van der Waals surface area contributed by atoms with Crippen molar-refractivity contribution in [1.82, 2.24) is 0 Å². The lowest BCUT2D eigenvalue weighted by molar-refractivity contribution is -0.163. The van der Waals surface area contributed by atoms with Crippen molar-refractivity contribution in [3.8, 4) is 0 Å². The SMILES string of the molecule is [CH]C(=O)OC(c1ccccc1)C(OC([CH])=O)c1ccccc1. The minimum Gasteiger partial charge on any atom is -0.453 e. The highest BCUT2D eigenvalue weighted by Crippen LogP contribution is 2.35. The molecule has 2 aromatic carbocycles. The molecule has 4 heteroatoms. The lowest BCUT2D eigenvalue weighted by Crippen LogP contribution is -2.21. The van der Waals surface area contributed by atoms with Gasteiger partial charge in [-0.3, -0.25) is 9.59 Å². The van der Waals surface area contributed by atoms with Gasteiger partial charge in [-0.05, 0) is 11.1 Å². The average Bonchev–Trinajstić information content (AvgIpc) is 2.52. The molecule has 0 fully saturated rings. The number of hydrogen-bond acceptors (Lipinski definition) is 4. The van der Waals surface area contributed by atoms with Gasteiger partial charge in [0.1, 0.15) is 0 Å². The molecule has 0 saturated carbocycles. The second-order valence-electron chi connectivity index (χ2n) is 4.54. The van der Waals surface area contributed by atoms with Crippen molar-refractivity contribution in [1.29, 1.82) is 0 Å². The Kier molecular flexibility index (Phi) is 5.31. The van der Waals surface area contributed by atoms with Gasteiger partial charge in [-0.25, -0.2) is 0 Å². The zero-order chi connectivity index (χ0) is 15.9. The second kappa shape index (κ2) is 7.41. The van der Waals surface area contributed by atoms with E-state index in [9.17, 15) is 9.59 Å². The van der Waals surface area contributed by atoms with Gasteiger partial charge in [-0.1, -0.05) is 60.7 Å². The molecule has 0 aromatic heterocycles. The van der Waals surface area contributed by atoms with E-state index in [2.05, 4.69) is 0 Å². The normalized spacial score (nSPS) is 13.0. The van der Waals surface area contributed by atoms with Crippen LogP contribution in [0.15, 0.2) is 60.7 Å². The Hall–Kier alpha value is -2.62. The Morgan fingerprint density at radius 3 is 1.27 bits per heavy atom. The van der Waals surface area contributed by atoms with Gasteiger partial charge in [0.05, 0.1) is 13.8 Å². The number of rotatable bonds is 5. The number of carbonyl (C=O) groups excluding carboxylic acids is 2. The Labute approximate surface area is 129 Å². The van der Waals surface area contributed by atoms with Gasteiger partial charge < -0.3 is 9.47 Å². The van der Waals surface area contributed by atoms with E-state index in [1.165, 1.54) is 0 Å². The smallest absolute Gasteiger partial charge is 0.311 e. The standard InChI is InChI=1S/C18H14O4/c1-13(19)21-17(15-9-5-3-6-10-15)18(22-14(2)20)16-11-7-4-8-12-16/h1-12,17-18H. The van der Waals surface area contributed by atoms with Crippen LogP contribution in [0.4, 0.5) is 0 Å². The lowest BCUT2D eigenvalue weighted by Gasteiger charge is -2.27. The summed E-state index contributed by atoms with van der Waals surface area (Å²) >= 11 is 0. The van der Waals surface area contributed by atoms with Crippen molar-refractivity contribution >= 4 is 11.9 Å². The van der Waals surface area contributed by atoms with E-state index in [1.54, 1.807) is 48.5 Å². The number of benzene rings is 2. The van der Waals surface area contributed by atoms with Crippen molar-refractivity contribution in [2.75, 3.05) is 0 Å². The summed E-state index contributed by atoms with van der Waals surface area (Å²) < 4.78 is 10.3. The molecule has 0 heterocycles. The van der Waals surface area contributed by atoms with Gasteiger partial charge in [0.15, 0.2) is 12.2 Å². The summed E-state index contributed by atoms with van der Waals surface area (Å²) in [6.07, 6.45) is -1.79. The predicted octanol–water partition coefficient (Wildman–Crippen LogP) is 2.98. The zero-order valence-electron chi connectivity index (χ0n) is 11.7. The molecule has 0 saturated heterocycles. The maximum atomic E-state index is 11.2. The monoisotopic (exact) mass is 294 g/mol. The minimum atomic E-state index is -0.970. The first-order valence-electron chi connectivity index (χ1n) is 6.60. The van der Waals surface area contributed by atoms with Crippen LogP contribution < -0.4 is 0 Å². The average molecular weight is 294 g/mol. The summed E-state index contributed by atoms with van der Waals surface area (Å²) in [5, 5.41) is 0. The van der Waals surface area contributed by atoms with Crippen LogP contribution in [0.3, 0.4) is 0 Å². The first kappa shape index (κ1) is 15.8. The van der Waals surface area contributed by atoms with E-state index in [1.807, 2.05) is 12.1 Å². The van der Waals surface area contributed by atoms with Crippen molar-refractivity contribution < 1.29 is 19.1 Å². The van der Waals surface area contributed by atoms with E-state index in [0.29, 0.717) is 11.1 Å². The summed E-state index contributed by atoms with van der Waals surface area (Å²) in [5.74, 6) is -1.94. The van der Waals surface area contributed by atoms with Crippen LogP contribution in [0.2, 0.25) is 0 Å². The lowest BCUT2D eigenvalue weighted by atomic mass is 9.98. The highest BCUT2D eigenvalue weighted by atomic mass is 16.6. The van der Waals surface area contributed by atoms with Gasteiger partial charge in [0, 0.05) is 0 Å². The van der Waals surface area contributed by atoms with Crippen molar-refractivity contribution in [2.24, 2.45) is 0 Å². The van der Waals surface area contributed by atoms with Gasteiger partial charge in [-0.2, -0.15) is 0 Å². The van der Waals surface area contributed by atoms with Crippen LogP contribution in [0.1, 0.15) is 23.3 Å². The van der Waals surface area contributed by atoms with E-state index in [4.69, 9.17) is 23.3 Å². The maximum absolute atomic E-state index is 11.2. The molecule has 0 aliphatic rings. The van der Waals surface area contributed by atoms with Crippen LogP contribution in [-0.4, -0.2) is 11.9 Å². The van der Waals surface area contributed by atoms with Crippen LogP contribution in [-0.2, 0) is 19.1 Å². The molecule has 0 aliphatic heterocycles. The Balaban J connectivity index is 2.43. The van der Waals surface area contributed by atoms with Crippen molar-refractivity contribution in [2.45, 2.75) is 12.2 Å². The van der Waals surface area contributed by atoms with E-state index in [0.717, 1.165) is 0 Å². The second-order valence-corrected chi connectivity index (χ2v) is 4.54. The Bertz CT molecular complexity index is 565. The van der Waals surface area contributed by atoms with E-state index >= 15 is 0 Å². The Morgan fingerprint density at radius 2 is 1.00 bits per heavy atom. The molecule has 0 amide bonds. The number of ether oxygens (including phenoxy) is 2. The maximum Gasteiger partial charge on any atom is 0.311 e. The number of hydrogen-bond donors (Lipinski definition) is 0. The summed E-state index contributed by atoms with van der Waals surface area (Å²) in [7, 11) is 0. The summed E-state index contributed by atoms with van der Waals surface area (Å²) in [6.45, 7) is 10.3. The fourth-order valence-corrected chi connectivity index (χ4v) is 2.14. The van der Waals surface area contributed by atoms with E-state index in [-0.39, 0.29) is 0 Å². The largest absolute Gasteiger partial charge is 0.453 e. The summed E-state index contributed by atoms with van der Waals surface area (Å²) in [4.78, 5) is 22.5. The van der Waals surface area contributed by atoms with Crippen molar-refractivity contribution in [3.05, 3.63) is 85.6 Å². The third kappa shape index (κ3) is 4.19. The minimum absolute atomic E-state index is 0.636. The third-order valence-corrected chi connectivity index (χ3v) is 3.02. The van der Waals surface area contributed by atoms with Gasteiger partial charge in [0.25, 0.3) is 0 Å². The van der Waals surface area contributed by atoms with Crippen molar-refractivity contribution in [3.63, 3.8) is 0 Å². The van der Waals surface area contributed by atoms with Crippen LogP contribution in [0.5, 0.6) is 0 Å². The predicted molar refractivity (Wildman–Crippen MR) is 79.2 cm³/mol. The molecule has 0 aliphatic carbocycles. The number of carbonyl (C=O) groups is 2. The topological polar surface area (TPSA) is 52.6 Å². The fraction of sp³-hybridized carbons (Fsp3) is 0.111. The Morgan fingerprint density at radius 1 is 0.682 bits per heavy atom. The van der Waals surface area contributed by atoms with Gasteiger partial charge in [0.2, 0.25) is 0 Å². The molecule has 4 radical (unpaired) electrons. The summed E-state index contributed by atoms with van der Waals surface area (Å²) in [6, 6.07) is 17.7. The molecule has 2 rings (SSSR count). The zero-order valence-corrected chi connectivity index (χ0v) is 11.7. The number of esters is 2. The summed E-state index contributed by atoms with van der Waals surface area (Å²) in [5.41, 5.74) is 1.27. The fourth-order valence-electron chi connectivity index (χ4n) is 2.14. The quantitative estimate of drug-likeness (QED) is 0.796. The van der Waals surface area contributed by atoms with Crippen LogP contribution in [0.25, 0.3) is 0 Å². The van der Waals surface area contributed by atoms with Gasteiger partial charge >= 0.3 is 11.9 Å². The first-order valence-corrected chi connectivity index (χ1v) is 6.60. The molecule has 2 unspecified atom stereocenters. The molecule has 4 nitrogen and oxygen atoms in total. The highest BCUT2D eigenvalue weighted by molar-refractivity contribution is 5.75. The first-order chi connectivity index (χ1) is 10.6. The molecule has 110 valence electrons. The molecule has 22 heavy (non-hydrogen) atoms.